The predicted molar refractivity (Wildman–Crippen MR) is 81.6 cm³/mol. The summed E-state index contributed by atoms with van der Waals surface area (Å²) in [7, 11) is 1.56. The second kappa shape index (κ2) is 5.94. The van der Waals surface area contributed by atoms with Gasteiger partial charge in [-0.15, -0.1) is 0 Å². The average Bonchev–Trinajstić information content (AvgIpc) is 2.67. The Balaban J connectivity index is 2.28. The van der Waals surface area contributed by atoms with Crippen molar-refractivity contribution in [2.75, 3.05) is 17.2 Å². The average molecular weight is 350 g/mol. The number of nitrogens with zero attached hydrogens (tertiary/aromatic N) is 1. The highest BCUT2D eigenvalue weighted by Gasteiger charge is 2.34. The van der Waals surface area contributed by atoms with E-state index in [0.717, 1.165) is 0 Å². The molecular formula is C13H13Cl2NO4S. The van der Waals surface area contributed by atoms with Crippen LogP contribution in [-0.2, 0) is 13.8 Å². The predicted octanol–water partition coefficient (Wildman–Crippen LogP) is 2.46. The first-order valence-electron chi connectivity index (χ1n) is 6.20. The van der Waals surface area contributed by atoms with Crippen LogP contribution in [0.2, 0.25) is 5.02 Å². The molecular weight excluding hydrogens is 337 g/mol. The first-order chi connectivity index (χ1) is 9.67. The first-order valence-corrected chi connectivity index (χ1v) is 9.06. The summed E-state index contributed by atoms with van der Waals surface area (Å²) in [4.78, 5) is 24.9. The fourth-order valence-corrected chi connectivity index (χ4v) is 3.89. The van der Waals surface area contributed by atoms with Crippen molar-refractivity contribution >= 4 is 48.7 Å². The lowest BCUT2D eigenvalue weighted by Crippen LogP contribution is -2.25. The van der Waals surface area contributed by atoms with Crippen molar-refractivity contribution in [3.8, 4) is 0 Å². The minimum absolute atomic E-state index is 0.0899. The fourth-order valence-electron chi connectivity index (χ4n) is 2.35. The van der Waals surface area contributed by atoms with Crippen molar-refractivity contribution in [2.24, 2.45) is 5.92 Å². The van der Waals surface area contributed by atoms with Gasteiger partial charge in [0, 0.05) is 35.1 Å². The van der Waals surface area contributed by atoms with Crippen LogP contribution < -0.4 is 4.90 Å². The van der Waals surface area contributed by atoms with E-state index in [0.29, 0.717) is 16.3 Å². The van der Waals surface area contributed by atoms with E-state index < -0.39 is 9.05 Å². The standard InChI is InChI=1S/C13H13Cl2NO4S/c1-8(17)10-2-3-11(14)12(5-10)16-6-9(4-13(16)18)7-21(15,19)20/h2-3,5,9H,4,6-7H2,1H3. The number of halogens is 2. The molecule has 0 bridgehead atoms. The molecule has 0 radical (unpaired) electrons. The monoisotopic (exact) mass is 349 g/mol. The SMILES string of the molecule is CC(=O)c1ccc(Cl)c(N2CC(CS(=O)(=O)Cl)CC2=O)c1. The molecule has 1 aromatic carbocycles. The van der Waals surface area contributed by atoms with Crippen LogP contribution in [0, 0.1) is 5.92 Å². The highest BCUT2D eigenvalue weighted by atomic mass is 35.7. The van der Waals surface area contributed by atoms with Gasteiger partial charge in [0.05, 0.1) is 16.5 Å². The van der Waals surface area contributed by atoms with Crippen molar-refractivity contribution in [3.05, 3.63) is 28.8 Å². The molecule has 1 amide bonds. The Morgan fingerprint density at radius 3 is 2.67 bits per heavy atom. The summed E-state index contributed by atoms with van der Waals surface area (Å²) < 4.78 is 22.2. The molecule has 0 aromatic heterocycles. The fraction of sp³-hybridized carbons (Fsp3) is 0.385. The summed E-state index contributed by atoms with van der Waals surface area (Å²) in [5, 5.41) is 0.336. The molecule has 114 valence electrons. The number of amides is 1. The maximum atomic E-state index is 12.0. The van der Waals surface area contributed by atoms with E-state index in [9.17, 15) is 18.0 Å². The second-order valence-corrected chi connectivity index (χ2v) is 8.23. The van der Waals surface area contributed by atoms with Gasteiger partial charge in [0.2, 0.25) is 15.0 Å². The third-order valence-electron chi connectivity index (χ3n) is 3.28. The van der Waals surface area contributed by atoms with Crippen molar-refractivity contribution in [3.63, 3.8) is 0 Å². The van der Waals surface area contributed by atoms with Crippen molar-refractivity contribution in [1.82, 2.24) is 0 Å². The number of rotatable bonds is 4. The summed E-state index contributed by atoms with van der Waals surface area (Å²) in [6.07, 6.45) is 0.0899. The van der Waals surface area contributed by atoms with Gasteiger partial charge >= 0.3 is 0 Å². The molecule has 1 heterocycles. The van der Waals surface area contributed by atoms with E-state index in [1.807, 2.05) is 0 Å². The van der Waals surface area contributed by atoms with Crippen LogP contribution in [-0.4, -0.2) is 32.4 Å². The molecule has 0 saturated carbocycles. The smallest absolute Gasteiger partial charge is 0.232 e. The van der Waals surface area contributed by atoms with E-state index >= 15 is 0 Å². The lowest BCUT2D eigenvalue weighted by molar-refractivity contribution is -0.117. The van der Waals surface area contributed by atoms with Crippen molar-refractivity contribution in [2.45, 2.75) is 13.3 Å². The third kappa shape index (κ3) is 3.96. The van der Waals surface area contributed by atoms with Crippen LogP contribution in [0.25, 0.3) is 0 Å². The molecule has 1 unspecified atom stereocenters. The van der Waals surface area contributed by atoms with Gasteiger partial charge in [-0.3, -0.25) is 9.59 Å². The van der Waals surface area contributed by atoms with Gasteiger partial charge in [-0.2, -0.15) is 0 Å². The van der Waals surface area contributed by atoms with Gasteiger partial charge in [0.25, 0.3) is 0 Å². The van der Waals surface area contributed by atoms with Gasteiger partial charge in [-0.25, -0.2) is 8.42 Å². The Hall–Kier alpha value is -1.11. The van der Waals surface area contributed by atoms with E-state index in [1.54, 1.807) is 18.2 Å². The number of benzene rings is 1. The molecule has 1 atom stereocenters. The molecule has 1 aliphatic heterocycles. The Bertz CT molecular complexity index is 702. The summed E-state index contributed by atoms with van der Waals surface area (Å²) in [5.74, 6) is -1.01. The summed E-state index contributed by atoms with van der Waals surface area (Å²) in [5.41, 5.74) is 0.861. The quantitative estimate of drug-likeness (QED) is 0.618. The molecule has 0 N–H and O–H groups in total. The molecule has 5 nitrogen and oxygen atoms in total. The lowest BCUT2D eigenvalue weighted by atomic mass is 10.1. The zero-order chi connectivity index (χ0) is 15.8. The Kier molecular flexibility index (Phi) is 4.60. The number of hydrogen-bond donors (Lipinski definition) is 0. The van der Waals surface area contributed by atoms with E-state index in [4.69, 9.17) is 22.3 Å². The molecule has 21 heavy (non-hydrogen) atoms. The minimum atomic E-state index is -3.66. The number of carbonyl (C=O) groups is 2. The van der Waals surface area contributed by atoms with Crippen LogP contribution >= 0.6 is 22.3 Å². The second-order valence-electron chi connectivity index (χ2n) is 5.00. The van der Waals surface area contributed by atoms with E-state index in [1.165, 1.54) is 11.8 Å². The Morgan fingerprint density at radius 1 is 1.43 bits per heavy atom. The first kappa shape index (κ1) is 16.3. The Morgan fingerprint density at radius 2 is 2.10 bits per heavy atom. The maximum absolute atomic E-state index is 12.0. The van der Waals surface area contributed by atoms with Gasteiger partial charge < -0.3 is 4.90 Å². The number of Topliss-reactive ketones (excluding diaryl/α,β-unsaturated/α-hetero) is 1. The summed E-state index contributed by atoms with van der Waals surface area (Å²) in [6.45, 7) is 1.63. The van der Waals surface area contributed by atoms with E-state index in [-0.39, 0.29) is 36.3 Å². The molecule has 0 aliphatic carbocycles. The molecule has 8 heteroatoms. The van der Waals surface area contributed by atoms with Crippen LogP contribution in [0.15, 0.2) is 18.2 Å². The number of carbonyl (C=O) groups excluding carboxylic acids is 2. The minimum Gasteiger partial charge on any atom is -0.311 e. The van der Waals surface area contributed by atoms with Gasteiger partial charge in [0.15, 0.2) is 5.78 Å². The number of anilines is 1. The van der Waals surface area contributed by atoms with Crippen LogP contribution in [0.3, 0.4) is 0 Å². The summed E-state index contributed by atoms with van der Waals surface area (Å²) in [6, 6.07) is 4.67. The van der Waals surface area contributed by atoms with Gasteiger partial charge in [-0.05, 0) is 25.1 Å². The third-order valence-corrected chi connectivity index (χ3v) is 4.85. The molecule has 1 saturated heterocycles. The molecule has 2 rings (SSSR count). The van der Waals surface area contributed by atoms with Crippen LogP contribution in [0.1, 0.15) is 23.7 Å². The zero-order valence-electron chi connectivity index (χ0n) is 11.2. The highest BCUT2D eigenvalue weighted by Crippen LogP contribution is 2.33. The van der Waals surface area contributed by atoms with Crippen molar-refractivity contribution in [1.29, 1.82) is 0 Å². The van der Waals surface area contributed by atoms with Crippen LogP contribution in [0.4, 0.5) is 5.69 Å². The van der Waals surface area contributed by atoms with Crippen LogP contribution in [0.5, 0.6) is 0 Å². The zero-order valence-corrected chi connectivity index (χ0v) is 13.5. The molecule has 1 aromatic rings. The molecule has 0 spiro atoms. The lowest BCUT2D eigenvalue weighted by Gasteiger charge is -2.18. The highest BCUT2D eigenvalue weighted by molar-refractivity contribution is 8.13. The van der Waals surface area contributed by atoms with Gasteiger partial charge in [-0.1, -0.05) is 11.6 Å². The Labute approximate surface area is 132 Å². The van der Waals surface area contributed by atoms with Gasteiger partial charge in [0.1, 0.15) is 0 Å². The molecule has 1 aliphatic rings. The van der Waals surface area contributed by atoms with E-state index in [2.05, 4.69) is 0 Å². The number of hydrogen-bond acceptors (Lipinski definition) is 4. The maximum Gasteiger partial charge on any atom is 0.232 e. The topological polar surface area (TPSA) is 71.5 Å². The summed E-state index contributed by atoms with van der Waals surface area (Å²) >= 11 is 6.08. The molecule has 1 fully saturated rings. The largest absolute Gasteiger partial charge is 0.311 e. The van der Waals surface area contributed by atoms with Crippen molar-refractivity contribution < 1.29 is 18.0 Å². The normalized spacial score (nSPS) is 19.1. The number of ketones is 1.